The predicted octanol–water partition coefficient (Wildman–Crippen LogP) is 8.36. The van der Waals surface area contributed by atoms with E-state index in [2.05, 4.69) is 56.0 Å². The Labute approximate surface area is 184 Å². The zero-order chi connectivity index (χ0) is 21.6. The summed E-state index contributed by atoms with van der Waals surface area (Å²) in [5, 5.41) is 0. The maximum absolute atomic E-state index is 13.1. The van der Waals surface area contributed by atoms with Crippen molar-refractivity contribution in [2.24, 2.45) is 0 Å². The zero-order valence-electron chi connectivity index (χ0n) is 19.3. The second-order valence-corrected chi connectivity index (χ2v) is 8.39. The summed E-state index contributed by atoms with van der Waals surface area (Å²) in [6, 6.07) is 15.3. The number of halogens is 1. The van der Waals surface area contributed by atoms with Gasteiger partial charge in [0.05, 0.1) is 0 Å². The number of nitrogens with zero attached hydrogens (tertiary/aromatic N) is 1. The first kappa shape index (κ1) is 24.3. The number of unbranched alkanes of at least 4 members (excludes halogenated alkanes) is 6. The lowest BCUT2D eigenvalue weighted by atomic mass is 10.0. The number of hydrogen-bond acceptors (Lipinski definition) is 1. The monoisotopic (exact) mass is 409 g/mol. The molecule has 0 fully saturated rings. The molecule has 0 amide bonds. The van der Waals surface area contributed by atoms with E-state index in [0.29, 0.717) is 0 Å². The Morgan fingerprint density at radius 1 is 0.733 bits per heavy atom. The Morgan fingerprint density at radius 2 is 1.23 bits per heavy atom. The van der Waals surface area contributed by atoms with E-state index in [1.54, 1.807) is 0 Å². The fraction of sp³-hybridized carbons (Fsp3) is 0.500. The highest BCUT2D eigenvalue weighted by molar-refractivity contribution is 5.69. The molecule has 0 aliphatic carbocycles. The van der Waals surface area contributed by atoms with Crippen molar-refractivity contribution in [3.63, 3.8) is 0 Å². The van der Waals surface area contributed by atoms with Gasteiger partial charge < -0.3 is 0 Å². The Morgan fingerprint density at radius 3 is 1.73 bits per heavy atom. The van der Waals surface area contributed by atoms with Gasteiger partial charge in [0.25, 0.3) is 0 Å². The number of benzene rings is 2. The second kappa shape index (κ2) is 14.1. The molecule has 0 heterocycles. The molecule has 2 rings (SSSR count). The second-order valence-electron chi connectivity index (χ2n) is 8.39. The molecule has 0 radical (unpaired) electrons. The summed E-state index contributed by atoms with van der Waals surface area (Å²) in [4.78, 5) is 2.63. The van der Waals surface area contributed by atoms with Crippen molar-refractivity contribution in [3.05, 3.63) is 66.0 Å². The Balaban J connectivity index is 1.94. The number of rotatable bonds is 14. The smallest absolute Gasteiger partial charge is 0.123 e. The molecule has 2 heteroatoms. The summed E-state index contributed by atoms with van der Waals surface area (Å²) < 4.78 is 13.1. The first-order valence-electron chi connectivity index (χ1n) is 11.9. The van der Waals surface area contributed by atoms with Gasteiger partial charge in [-0.3, -0.25) is 4.90 Å². The van der Waals surface area contributed by atoms with Crippen LogP contribution in [0.5, 0.6) is 0 Å². The third kappa shape index (κ3) is 8.83. The van der Waals surface area contributed by atoms with Crippen molar-refractivity contribution in [3.8, 4) is 11.1 Å². The van der Waals surface area contributed by atoms with Gasteiger partial charge in [-0.2, -0.15) is 0 Å². The van der Waals surface area contributed by atoms with Crippen LogP contribution in [0.15, 0.2) is 54.6 Å². The highest BCUT2D eigenvalue weighted by Gasteiger charge is 2.05. The SMILES string of the molecule is CCCCCCN(CC=C(C)c1ccc(-c2ccc(F)cc2)cc1)CCCCCC. The average Bonchev–Trinajstić information content (AvgIpc) is 2.77. The van der Waals surface area contributed by atoms with Crippen molar-refractivity contribution < 1.29 is 4.39 Å². The van der Waals surface area contributed by atoms with Crippen LogP contribution < -0.4 is 0 Å². The van der Waals surface area contributed by atoms with Gasteiger partial charge in [0, 0.05) is 6.54 Å². The minimum atomic E-state index is -0.192. The van der Waals surface area contributed by atoms with E-state index in [1.807, 2.05) is 12.1 Å². The first-order chi connectivity index (χ1) is 14.6. The molecule has 30 heavy (non-hydrogen) atoms. The van der Waals surface area contributed by atoms with Crippen LogP contribution in [0.4, 0.5) is 4.39 Å². The largest absolute Gasteiger partial charge is 0.300 e. The van der Waals surface area contributed by atoms with E-state index < -0.39 is 0 Å². The lowest BCUT2D eigenvalue weighted by Gasteiger charge is -2.21. The standard InChI is InChI=1S/C28H40FN/c1-4-6-8-10-21-30(22-11-9-7-5-2)23-20-24(3)25-12-14-26(15-13-25)27-16-18-28(29)19-17-27/h12-20H,4-11,21-23H2,1-3H3. The Bertz CT molecular complexity index is 718. The molecule has 0 atom stereocenters. The fourth-order valence-corrected chi connectivity index (χ4v) is 3.77. The van der Waals surface area contributed by atoms with Gasteiger partial charge in [0.1, 0.15) is 5.82 Å². The summed E-state index contributed by atoms with van der Waals surface area (Å²) in [6.45, 7) is 10.2. The van der Waals surface area contributed by atoms with Gasteiger partial charge in [-0.15, -0.1) is 0 Å². The predicted molar refractivity (Wildman–Crippen MR) is 130 cm³/mol. The molecule has 0 N–H and O–H groups in total. The molecule has 1 nitrogen and oxygen atoms in total. The maximum Gasteiger partial charge on any atom is 0.123 e. The van der Waals surface area contributed by atoms with Crippen LogP contribution in [0.1, 0.15) is 77.7 Å². The lowest BCUT2D eigenvalue weighted by molar-refractivity contribution is 0.287. The lowest BCUT2D eigenvalue weighted by Crippen LogP contribution is -2.26. The van der Waals surface area contributed by atoms with Gasteiger partial charge in [0.2, 0.25) is 0 Å². The van der Waals surface area contributed by atoms with Crippen LogP contribution in [-0.4, -0.2) is 24.5 Å². The van der Waals surface area contributed by atoms with Gasteiger partial charge >= 0.3 is 0 Å². The minimum Gasteiger partial charge on any atom is -0.300 e. The van der Waals surface area contributed by atoms with Gasteiger partial charge in [-0.25, -0.2) is 4.39 Å². The molecular formula is C28H40FN. The normalized spacial score (nSPS) is 12.0. The van der Waals surface area contributed by atoms with Crippen LogP contribution in [0.25, 0.3) is 16.7 Å². The van der Waals surface area contributed by atoms with E-state index in [1.165, 1.54) is 87.7 Å². The Kier molecular flexibility index (Phi) is 11.5. The topological polar surface area (TPSA) is 3.24 Å². The molecule has 0 aliphatic heterocycles. The summed E-state index contributed by atoms with van der Waals surface area (Å²) in [6.07, 6.45) is 13.0. The summed E-state index contributed by atoms with van der Waals surface area (Å²) >= 11 is 0. The molecule has 2 aromatic carbocycles. The number of hydrogen-bond donors (Lipinski definition) is 0. The molecule has 0 aromatic heterocycles. The van der Waals surface area contributed by atoms with Crippen molar-refractivity contribution in [1.82, 2.24) is 4.90 Å². The average molecular weight is 410 g/mol. The molecule has 0 spiro atoms. The van der Waals surface area contributed by atoms with Crippen LogP contribution in [0, 0.1) is 5.82 Å². The zero-order valence-corrected chi connectivity index (χ0v) is 19.3. The van der Waals surface area contributed by atoms with E-state index in [9.17, 15) is 4.39 Å². The molecule has 164 valence electrons. The van der Waals surface area contributed by atoms with Crippen LogP contribution in [0.2, 0.25) is 0 Å². The van der Waals surface area contributed by atoms with Gasteiger partial charge in [-0.05, 0) is 67.3 Å². The third-order valence-electron chi connectivity index (χ3n) is 5.83. The van der Waals surface area contributed by atoms with Crippen molar-refractivity contribution >= 4 is 5.57 Å². The maximum atomic E-state index is 13.1. The Hall–Kier alpha value is -1.93. The molecule has 0 saturated carbocycles. The summed E-state index contributed by atoms with van der Waals surface area (Å²) in [7, 11) is 0. The minimum absolute atomic E-state index is 0.192. The van der Waals surface area contributed by atoms with Crippen LogP contribution in [0.3, 0.4) is 0 Å². The van der Waals surface area contributed by atoms with Crippen molar-refractivity contribution in [2.75, 3.05) is 19.6 Å². The number of allylic oxidation sites excluding steroid dienone is 1. The van der Waals surface area contributed by atoms with Crippen molar-refractivity contribution in [1.29, 1.82) is 0 Å². The highest BCUT2D eigenvalue weighted by atomic mass is 19.1. The molecule has 0 unspecified atom stereocenters. The summed E-state index contributed by atoms with van der Waals surface area (Å²) in [5.41, 5.74) is 4.76. The quantitative estimate of drug-likeness (QED) is 0.283. The van der Waals surface area contributed by atoms with Crippen molar-refractivity contribution in [2.45, 2.75) is 72.1 Å². The molecule has 0 bridgehead atoms. The van der Waals surface area contributed by atoms with E-state index in [-0.39, 0.29) is 5.82 Å². The molecular weight excluding hydrogens is 369 g/mol. The van der Waals surface area contributed by atoms with Crippen LogP contribution in [-0.2, 0) is 0 Å². The first-order valence-corrected chi connectivity index (χ1v) is 11.9. The molecule has 0 aliphatic rings. The van der Waals surface area contributed by atoms with Gasteiger partial charge in [-0.1, -0.05) is 94.8 Å². The van der Waals surface area contributed by atoms with E-state index >= 15 is 0 Å². The van der Waals surface area contributed by atoms with Gasteiger partial charge in [0.15, 0.2) is 0 Å². The van der Waals surface area contributed by atoms with Crippen LogP contribution >= 0.6 is 0 Å². The third-order valence-corrected chi connectivity index (χ3v) is 5.83. The highest BCUT2D eigenvalue weighted by Crippen LogP contribution is 2.23. The summed E-state index contributed by atoms with van der Waals surface area (Å²) in [5.74, 6) is -0.192. The molecule has 2 aromatic rings. The fourth-order valence-electron chi connectivity index (χ4n) is 3.77. The van der Waals surface area contributed by atoms with E-state index in [4.69, 9.17) is 0 Å². The van der Waals surface area contributed by atoms with E-state index in [0.717, 1.165) is 17.7 Å². The molecule has 0 saturated heterocycles.